The summed E-state index contributed by atoms with van der Waals surface area (Å²) in [7, 11) is 0. The molecule has 132 valence electrons. The summed E-state index contributed by atoms with van der Waals surface area (Å²) in [6.45, 7) is 6.07. The summed E-state index contributed by atoms with van der Waals surface area (Å²) in [6, 6.07) is 6.02. The Labute approximate surface area is 150 Å². The smallest absolute Gasteiger partial charge is 0.201 e. The zero-order valence-corrected chi connectivity index (χ0v) is 14.9. The van der Waals surface area contributed by atoms with Crippen molar-refractivity contribution >= 4 is 17.0 Å². The molecule has 8 nitrogen and oxygen atoms in total. The summed E-state index contributed by atoms with van der Waals surface area (Å²) in [5.74, 6) is 1.48. The number of hydrogen-bond donors (Lipinski definition) is 0. The van der Waals surface area contributed by atoms with E-state index < -0.39 is 0 Å². The highest BCUT2D eigenvalue weighted by atomic mass is 15.4. The summed E-state index contributed by atoms with van der Waals surface area (Å²) >= 11 is 0. The Bertz CT molecular complexity index is 1090. The van der Waals surface area contributed by atoms with Crippen LogP contribution < -0.4 is 4.90 Å². The van der Waals surface area contributed by atoms with E-state index in [2.05, 4.69) is 41.7 Å². The lowest BCUT2D eigenvalue weighted by Gasteiger charge is -2.34. The van der Waals surface area contributed by atoms with E-state index in [4.69, 9.17) is 0 Å². The van der Waals surface area contributed by atoms with Crippen molar-refractivity contribution in [1.82, 2.24) is 34.4 Å². The van der Waals surface area contributed by atoms with E-state index in [9.17, 15) is 0 Å². The van der Waals surface area contributed by atoms with Gasteiger partial charge in [-0.05, 0) is 44.4 Å². The van der Waals surface area contributed by atoms with E-state index in [1.807, 2.05) is 31.3 Å². The maximum absolute atomic E-state index is 4.52. The van der Waals surface area contributed by atoms with Crippen molar-refractivity contribution in [2.45, 2.75) is 32.6 Å². The maximum atomic E-state index is 4.52. The average molecular weight is 348 g/mol. The molecule has 0 saturated carbocycles. The lowest BCUT2D eigenvalue weighted by atomic mass is 9.95. The maximum Gasteiger partial charge on any atom is 0.201 e. The second-order valence-electron chi connectivity index (χ2n) is 6.91. The molecule has 1 aliphatic heterocycles. The second-order valence-corrected chi connectivity index (χ2v) is 6.91. The van der Waals surface area contributed by atoms with Crippen LogP contribution in [0.25, 0.3) is 11.3 Å². The van der Waals surface area contributed by atoms with Gasteiger partial charge < -0.3 is 4.90 Å². The third kappa shape index (κ3) is 2.25. The van der Waals surface area contributed by atoms with E-state index >= 15 is 0 Å². The zero-order chi connectivity index (χ0) is 17.7. The van der Waals surface area contributed by atoms with Crippen molar-refractivity contribution in [2.75, 3.05) is 18.0 Å². The third-order valence-electron chi connectivity index (χ3n) is 5.41. The zero-order valence-electron chi connectivity index (χ0n) is 14.9. The van der Waals surface area contributed by atoms with Gasteiger partial charge in [-0.2, -0.15) is 9.61 Å². The number of pyridine rings is 1. The molecule has 0 radical (unpaired) electrons. The fourth-order valence-electron chi connectivity index (χ4n) is 3.91. The van der Waals surface area contributed by atoms with Gasteiger partial charge in [0.05, 0.1) is 11.4 Å². The molecule has 1 fully saturated rings. The first-order chi connectivity index (χ1) is 12.7. The van der Waals surface area contributed by atoms with Gasteiger partial charge in [0.2, 0.25) is 5.65 Å². The minimum absolute atomic E-state index is 0.417. The van der Waals surface area contributed by atoms with Gasteiger partial charge in [-0.25, -0.2) is 0 Å². The number of aryl methyl sites for hydroxylation is 1. The van der Waals surface area contributed by atoms with Crippen molar-refractivity contribution in [3.8, 4) is 0 Å². The van der Waals surface area contributed by atoms with Crippen LogP contribution in [0.3, 0.4) is 0 Å². The number of piperidine rings is 1. The highest BCUT2D eigenvalue weighted by Crippen LogP contribution is 2.33. The molecule has 5 rings (SSSR count). The lowest BCUT2D eigenvalue weighted by molar-refractivity contribution is 0.482. The van der Waals surface area contributed by atoms with Crippen LogP contribution in [0.1, 0.15) is 35.8 Å². The molecule has 8 heteroatoms. The van der Waals surface area contributed by atoms with Crippen LogP contribution in [0.15, 0.2) is 30.7 Å². The molecule has 4 aromatic rings. The molecule has 1 aliphatic rings. The average Bonchev–Trinajstić information content (AvgIpc) is 3.30. The minimum Gasteiger partial charge on any atom is -0.368 e. The van der Waals surface area contributed by atoms with Crippen LogP contribution in [-0.2, 0) is 0 Å². The van der Waals surface area contributed by atoms with Crippen LogP contribution in [0.5, 0.6) is 0 Å². The van der Waals surface area contributed by atoms with Gasteiger partial charge in [0.25, 0.3) is 0 Å². The highest BCUT2D eigenvalue weighted by Gasteiger charge is 2.27. The first-order valence-electron chi connectivity index (χ1n) is 8.94. The predicted octanol–water partition coefficient (Wildman–Crippen LogP) is 2.17. The Kier molecular flexibility index (Phi) is 3.37. The first kappa shape index (κ1) is 15.2. The standard InChI is InChI=1S/C18H20N8/c1-12-13(2)23-26-11-19-21-18(26)16(12)24-9-6-14(7-10-24)17-22-20-15-5-3-4-8-25(15)17/h3-5,8,11,14H,6-7,9-10H2,1-2H3. The molecular weight excluding hydrogens is 328 g/mol. The van der Waals surface area contributed by atoms with E-state index in [0.717, 1.165) is 54.4 Å². The Morgan fingerprint density at radius 3 is 2.73 bits per heavy atom. The summed E-state index contributed by atoms with van der Waals surface area (Å²) in [6.07, 6.45) is 5.79. The van der Waals surface area contributed by atoms with Crippen molar-refractivity contribution in [3.05, 3.63) is 47.8 Å². The molecule has 0 aliphatic carbocycles. The van der Waals surface area contributed by atoms with Crippen molar-refractivity contribution in [1.29, 1.82) is 0 Å². The molecule has 0 atom stereocenters. The molecule has 0 unspecified atom stereocenters. The van der Waals surface area contributed by atoms with Crippen LogP contribution in [-0.4, -0.2) is 47.5 Å². The summed E-state index contributed by atoms with van der Waals surface area (Å²) < 4.78 is 3.88. The molecule has 0 amide bonds. The fraction of sp³-hybridized carbons (Fsp3) is 0.389. The molecular formula is C18H20N8. The SMILES string of the molecule is Cc1nn2cnnc2c(N2CCC(c3nnc4ccccn34)CC2)c1C. The van der Waals surface area contributed by atoms with Gasteiger partial charge >= 0.3 is 0 Å². The number of rotatable bonds is 2. The molecule has 0 spiro atoms. The molecule has 0 bridgehead atoms. The first-order valence-corrected chi connectivity index (χ1v) is 8.94. The Hall–Kier alpha value is -3.03. The van der Waals surface area contributed by atoms with Crippen LogP contribution >= 0.6 is 0 Å². The molecule has 1 saturated heterocycles. The van der Waals surface area contributed by atoms with Gasteiger partial charge in [0.1, 0.15) is 12.2 Å². The predicted molar refractivity (Wildman–Crippen MR) is 97.4 cm³/mol. The number of aromatic nitrogens is 7. The number of hydrogen-bond acceptors (Lipinski definition) is 6. The van der Waals surface area contributed by atoms with Crippen molar-refractivity contribution in [3.63, 3.8) is 0 Å². The number of nitrogens with zero attached hydrogens (tertiary/aromatic N) is 8. The van der Waals surface area contributed by atoms with Crippen LogP contribution in [0.2, 0.25) is 0 Å². The number of fused-ring (bicyclic) bond motifs is 2. The lowest BCUT2D eigenvalue weighted by Crippen LogP contribution is -2.34. The third-order valence-corrected chi connectivity index (χ3v) is 5.41. The van der Waals surface area contributed by atoms with E-state index in [1.54, 1.807) is 10.8 Å². The molecule has 0 aromatic carbocycles. The number of anilines is 1. The van der Waals surface area contributed by atoms with E-state index in [-0.39, 0.29) is 0 Å². The van der Waals surface area contributed by atoms with Crippen LogP contribution in [0.4, 0.5) is 5.69 Å². The Morgan fingerprint density at radius 2 is 1.88 bits per heavy atom. The molecule has 4 aromatic heterocycles. The van der Waals surface area contributed by atoms with E-state index in [0.29, 0.717) is 5.92 Å². The normalized spacial score (nSPS) is 16.0. The summed E-state index contributed by atoms with van der Waals surface area (Å²) in [5.41, 5.74) is 5.09. The van der Waals surface area contributed by atoms with Gasteiger partial charge in [-0.15, -0.1) is 20.4 Å². The topological polar surface area (TPSA) is 76.5 Å². The fourth-order valence-corrected chi connectivity index (χ4v) is 3.91. The highest BCUT2D eigenvalue weighted by molar-refractivity contribution is 5.72. The van der Waals surface area contributed by atoms with Crippen molar-refractivity contribution in [2.24, 2.45) is 0 Å². The summed E-state index contributed by atoms with van der Waals surface area (Å²) in [5, 5.41) is 21.6. The largest absolute Gasteiger partial charge is 0.368 e. The van der Waals surface area contributed by atoms with Gasteiger partial charge in [-0.1, -0.05) is 6.07 Å². The quantitative estimate of drug-likeness (QED) is 0.552. The second kappa shape index (κ2) is 5.76. The Morgan fingerprint density at radius 1 is 1.04 bits per heavy atom. The monoisotopic (exact) mass is 348 g/mol. The van der Waals surface area contributed by atoms with Gasteiger partial charge in [0, 0.05) is 25.2 Å². The van der Waals surface area contributed by atoms with E-state index in [1.165, 1.54) is 5.56 Å². The molecule has 5 heterocycles. The van der Waals surface area contributed by atoms with Crippen LogP contribution in [0, 0.1) is 13.8 Å². The minimum atomic E-state index is 0.417. The molecule has 26 heavy (non-hydrogen) atoms. The summed E-state index contributed by atoms with van der Waals surface area (Å²) in [4.78, 5) is 2.41. The van der Waals surface area contributed by atoms with Gasteiger partial charge in [-0.3, -0.25) is 4.40 Å². The van der Waals surface area contributed by atoms with Crippen molar-refractivity contribution < 1.29 is 0 Å². The van der Waals surface area contributed by atoms with Gasteiger partial charge in [0.15, 0.2) is 5.65 Å². The molecule has 0 N–H and O–H groups in total. The Balaban J connectivity index is 1.44.